The molecular weight excluding hydrogens is 209 g/mol. The first-order valence-corrected chi connectivity index (χ1v) is 5.76. The zero-order valence-electron chi connectivity index (χ0n) is 8.75. The van der Waals surface area contributed by atoms with Gasteiger partial charge < -0.3 is 0 Å². The third-order valence-corrected chi connectivity index (χ3v) is 3.65. The summed E-state index contributed by atoms with van der Waals surface area (Å²) in [6.07, 6.45) is 3.68. The van der Waals surface area contributed by atoms with Crippen molar-refractivity contribution in [2.45, 2.75) is 26.2 Å². The molecule has 1 aromatic rings. The van der Waals surface area contributed by atoms with Crippen LogP contribution in [0.15, 0.2) is 18.2 Å². The van der Waals surface area contributed by atoms with Gasteiger partial charge in [-0.05, 0) is 0 Å². The number of benzene rings is 1. The van der Waals surface area contributed by atoms with Crippen LogP contribution in [0.1, 0.15) is 24.0 Å². The summed E-state index contributed by atoms with van der Waals surface area (Å²) in [5, 5.41) is 0. The fraction of sp³-hybridized carbons (Fsp3) is 0.417. The number of hydrogen-bond donors (Lipinski definition) is 0. The van der Waals surface area contributed by atoms with Gasteiger partial charge in [-0.1, -0.05) is 0 Å². The van der Waals surface area contributed by atoms with Crippen molar-refractivity contribution in [3.63, 3.8) is 0 Å². The molecule has 0 saturated heterocycles. The molecule has 0 radical (unpaired) electrons. The van der Waals surface area contributed by atoms with Crippen molar-refractivity contribution in [1.82, 2.24) is 0 Å². The number of nitrogens with zero attached hydrogens (tertiary/aromatic N) is 1. The summed E-state index contributed by atoms with van der Waals surface area (Å²) >= 11 is 2.70. The monoisotopic (exact) mass is 224 g/mol. The molecule has 73 valence electrons. The summed E-state index contributed by atoms with van der Waals surface area (Å²) in [4.78, 5) is 2.31. The zero-order valence-corrected chi connectivity index (χ0v) is 10.1. The molecule has 0 spiro atoms. The van der Waals surface area contributed by atoms with Gasteiger partial charge in [-0.3, -0.25) is 0 Å². The second kappa shape index (κ2) is 3.92. The predicted octanol–water partition coefficient (Wildman–Crippen LogP) is 2.44. The molecule has 0 atom stereocenters. The van der Waals surface area contributed by atoms with Gasteiger partial charge in [0.05, 0.1) is 0 Å². The Labute approximate surface area is 94.6 Å². The molecule has 0 N–H and O–H groups in total. The van der Waals surface area contributed by atoms with Crippen molar-refractivity contribution in [3.8, 4) is 0 Å². The van der Waals surface area contributed by atoms with Crippen LogP contribution in [-0.2, 0) is 23.4 Å². The van der Waals surface area contributed by atoms with Crippen LogP contribution in [0.4, 0.5) is 5.69 Å². The van der Waals surface area contributed by atoms with E-state index in [-0.39, 0.29) is 0 Å². The zero-order chi connectivity index (χ0) is 10.1. The summed E-state index contributed by atoms with van der Waals surface area (Å²) < 4.78 is 1.42. The minimum absolute atomic E-state index is 1.20. The Bertz CT molecular complexity index is 371. The molecule has 1 aliphatic heterocycles. The van der Waals surface area contributed by atoms with Crippen molar-refractivity contribution in [3.05, 3.63) is 29.3 Å². The van der Waals surface area contributed by atoms with E-state index in [0.717, 1.165) is 0 Å². The first-order valence-electron chi connectivity index (χ1n) is 5.06. The summed E-state index contributed by atoms with van der Waals surface area (Å²) in [5.74, 6) is 0. The van der Waals surface area contributed by atoms with Crippen molar-refractivity contribution < 1.29 is 17.0 Å². The Balaban J connectivity index is 2.49. The molecule has 0 aliphatic carbocycles. The molecule has 1 nitrogen and oxygen atoms in total. The molecule has 1 aliphatic rings. The van der Waals surface area contributed by atoms with Gasteiger partial charge in [0.2, 0.25) is 0 Å². The normalized spacial score (nSPS) is 16.4. The number of hydrogen-bond acceptors (Lipinski definition) is 1. The van der Waals surface area contributed by atoms with E-state index in [0.29, 0.717) is 0 Å². The molecule has 2 rings (SSSR count). The van der Waals surface area contributed by atoms with Crippen molar-refractivity contribution in [2.75, 3.05) is 11.9 Å². The second-order valence-electron chi connectivity index (χ2n) is 3.96. The maximum absolute atomic E-state index is 2.70. The van der Waals surface area contributed by atoms with Gasteiger partial charge in [0, 0.05) is 0 Å². The van der Waals surface area contributed by atoms with Crippen LogP contribution in [0, 0.1) is 6.92 Å². The summed E-state index contributed by atoms with van der Waals surface area (Å²) in [6.45, 7) is 2.16. The van der Waals surface area contributed by atoms with Crippen LogP contribution in [0.25, 0.3) is 0 Å². The Morgan fingerprint density at radius 2 is 2.07 bits per heavy atom. The van der Waals surface area contributed by atoms with Crippen LogP contribution in [0.3, 0.4) is 0 Å². The second-order valence-corrected chi connectivity index (χ2v) is 4.77. The molecule has 1 aromatic carbocycles. The average molecular weight is 224 g/mol. The van der Waals surface area contributed by atoms with E-state index < -0.39 is 0 Å². The standard InChI is InChI=1S/C12H15N.V/c1-10-6-7-11-5-3-4-8-13(2)12(11)9-10;/h6-7,9H,3-5H2,1-2H3;. The van der Waals surface area contributed by atoms with Gasteiger partial charge in [0.1, 0.15) is 0 Å². The molecule has 0 fully saturated rings. The first-order chi connectivity index (χ1) is 6.68. The summed E-state index contributed by atoms with van der Waals surface area (Å²) in [6, 6.07) is 6.77. The van der Waals surface area contributed by atoms with Gasteiger partial charge in [0.15, 0.2) is 0 Å². The van der Waals surface area contributed by atoms with Crippen LogP contribution >= 0.6 is 0 Å². The van der Waals surface area contributed by atoms with E-state index in [1.807, 2.05) is 0 Å². The molecule has 1 heterocycles. The van der Waals surface area contributed by atoms with Crippen molar-refractivity contribution >= 4 is 10.0 Å². The number of rotatable bonds is 0. The van der Waals surface area contributed by atoms with Crippen LogP contribution < -0.4 is 4.90 Å². The van der Waals surface area contributed by atoms with Gasteiger partial charge in [0.25, 0.3) is 0 Å². The predicted molar refractivity (Wildman–Crippen MR) is 57.5 cm³/mol. The van der Waals surface area contributed by atoms with Gasteiger partial charge in [-0.25, -0.2) is 0 Å². The third kappa shape index (κ3) is 1.80. The van der Waals surface area contributed by atoms with E-state index in [9.17, 15) is 0 Å². The van der Waals surface area contributed by atoms with Gasteiger partial charge in [-0.2, -0.15) is 0 Å². The quantitative estimate of drug-likeness (QED) is 0.654. The topological polar surface area (TPSA) is 3.24 Å². The third-order valence-electron chi connectivity index (χ3n) is 2.84. The van der Waals surface area contributed by atoms with Crippen molar-refractivity contribution in [2.24, 2.45) is 0 Å². The SMILES string of the molecule is Cc1ccc2c(c1)N(C)[C](=[V])CCC2. The average Bonchev–Trinajstić information content (AvgIpc) is 2.30. The van der Waals surface area contributed by atoms with E-state index >= 15 is 0 Å². The summed E-state index contributed by atoms with van der Waals surface area (Å²) in [7, 11) is 2.16. The van der Waals surface area contributed by atoms with Crippen LogP contribution in [-0.4, -0.2) is 11.4 Å². The Hall–Kier alpha value is -0.526. The molecule has 0 saturated carbocycles. The molecule has 2 heteroatoms. The molecule has 14 heavy (non-hydrogen) atoms. The van der Waals surface area contributed by atoms with E-state index in [4.69, 9.17) is 0 Å². The van der Waals surface area contributed by atoms with E-state index in [1.54, 1.807) is 0 Å². The maximum atomic E-state index is 2.70. The van der Waals surface area contributed by atoms with Gasteiger partial charge >= 0.3 is 94.5 Å². The first kappa shape index (κ1) is 10.0. The Morgan fingerprint density at radius 1 is 1.29 bits per heavy atom. The molecular formula is C12H15NV. The number of anilines is 1. The Kier molecular flexibility index (Phi) is 2.80. The van der Waals surface area contributed by atoms with Crippen LogP contribution in [0.5, 0.6) is 0 Å². The van der Waals surface area contributed by atoms with E-state index in [2.05, 4.69) is 54.0 Å². The molecule has 0 amide bonds. The van der Waals surface area contributed by atoms with Crippen molar-refractivity contribution in [1.29, 1.82) is 0 Å². The fourth-order valence-electron chi connectivity index (χ4n) is 1.94. The molecule has 0 unspecified atom stereocenters. The van der Waals surface area contributed by atoms with E-state index in [1.165, 1.54) is 40.4 Å². The minimum atomic E-state index is 1.20. The van der Waals surface area contributed by atoms with Crippen LogP contribution in [0.2, 0.25) is 0 Å². The fourth-order valence-corrected chi connectivity index (χ4v) is 2.36. The molecule has 0 bridgehead atoms. The Morgan fingerprint density at radius 3 is 2.86 bits per heavy atom. The van der Waals surface area contributed by atoms with Gasteiger partial charge in [-0.15, -0.1) is 0 Å². The summed E-state index contributed by atoms with van der Waals surface area (Å²) in [5.41, 5.74) is 4.22. The number of fused-ring (bicyclic) bond motifs is 1. The molecule has 0 aromatic heterocycles. The number of aryl methyl sites for hydroxylation is 2.